The van der Waals surface area contributed by atoms with Crippen molar-refractivity contribution in [3.63, 3.8) is 0 Å². The van der Waals surface area contributed by atoms with Crippen LogP contribution in [0.4, 0.5) is 15.9 Å². The van der Waals surface area contributed by atoms with E-state index in [4.69, 9.17) is 10.5 Å². The second kappa shape index (κ2) is 13.1. The van der Waals surface area contributed by atoms with Crippen LogP contribution in [0.25, 0.3) is 6.08 Å². The smallest absolute Gasteiger partial charge is 0.331 e. The number of anilines is 2. The standard InChI is InChI=1S/C24H31FN4O5/c1-3-5-7-15-28(21-22(26)29(14-6-4-2)24(33)27-23(21)32)19(30)16-34-20(31)13-10-17-8-11-18(25)12-9-17/h8-13H,3-7,14-16,26H2,1-2H3,(H,27,32,33)/b13-10+. The van der Waals surface area contributed by atoms with Crippen molar-refractivity contribution in [1.82, 2.24) is 9.55 Å². The molecule has 10 heteroatoms. The first-order chi connectivity index (χ1) is 16.3. The summed E-state index contributed by atoms with van der Waals surface area (Å²) in [5.41, 5.74) is 5.19. The van der Waals surface area contributed by atoms with E-state index >= 15 is 0 Å². The molecule has 1 heterocycles. The summed E-state index contributed by atoms with van der Waals surface area (Å²) in [5.74, 6) is -1.92. The van der Waals surface area contributed by atoms with Gasteiger partial charge in [-0.1, -0.05) is 45.2 Å². The van der Waals surface area contributed by atoms with E-state index in [2.05, 4.69) is 4.98 Å². The number of halogens is 1. The van der Waals surface area contributed by atoms with Gasteiger partial charge in [-0.05, 0) is 36.6 Å². The third-order valence-electron chi connectivity index (χ3n) is 5.13. The zero-order chi connectivity index (χ0) is 25.1. The number of H-pyrrole nitrogens is 1. The number of nitrogens with one attached hydrogen (secondary N) is 1. The molecule has 1 amide bonds. The number of nitrogen functional groups attached to an aromatic ring is 1. The highest BCUT2D eigenvalue weighted by atomic mass is 19.1. The summed E-state index contributed by atoms with van der Waals surface area (Å²) in [7, 11) is 0. The molecule has 2 aromatic rings. The average Bonchev–Trinajstić information content (AvgIpc) is 2.81. The molecule has 0 spiro atoms. The average molecular weight is 475 g/mol. The van der Waals surface area contributed by atoms with Gasteiger partial charge in [-0.15, -0.1) is 0 Å². The van der Waals surface area contributed by atoms with Crippen molar-refractivity contribution in [2.45, 2.75) is 52.5 Å². The maximum atomic E-state index is 13.0. The number of carbonyl (C=O) groups is 2. The first kappa shape index (κ1) is 26.6. The predicted molar refractivity (Wildman–Crippen MR) is 129 cm³/mol. The number of nitrogens with two attached hydrogens (primary N) is 1. The highest BCUT2D eigenvalue weighted by Crippen LogP contribution is 2.18. The lowest BCUT2D eigenvalue weighted by atomic mass is 10.2. The minimum Gasteiger partial charge on any atom is -0.452 e. The number of aromatic nitrogens is 2. The van der Waals surface area contributed by atoms with Crippen LogP contribution in [0.2, 0.25) is 0 Å². The molecule has 0 fully saturated rings. The van der Waals surface area contributed by atoms with Crippen molar-refractivity contribution in [2.75, 3.05) is 23.8 Å². The maximum Gasteiger partial charge on any atom is 0.331 e. The summed E-state index contributed by atoms with van der Waals surface area (Å²) in [6, 6.07) is 5.49. The second-order valence-corrected chi connectivity index (χ2v) is 7.74. The molecule has 0 bridgehead atoms. The molecule has 0 aliphatic carbocycles. The van der Waals surface area contributed by atoms with Gasteiger partial charge in [0, 0.05) is 19.2 Å². The Bertz CT molecular complexity index is 1120. The lowest BCUT2D eigenvalue weighted by Gasteiger charge is -2.24. The number of ether oxygens (including phenoxy) is 1. The maximum absolute atomic E-state index is 13.0. The van der Waals surface area contributed by atoms with Crippen molar-refractivity contribution in [3.05, 3.63) is 62.6 Å². The Hall–Kier alpha value is -3.69. The molecule has 0 saturated carbocycles. The van der Waals surface area contributed by atoms with Gasteiger partial charge in [-0.25, -0.2) is 14.0 Å². The van der Waals surface area contributed by atoms with Gasteiger partial charge < -0.3 is 15.4 Å². The quantitative estimate of drug-likeness (QED) is 0.277. The number of aromatic amines is 1. The van der Waals surface area contributed by atoms with Gasteiger partial charge in [0.25, 0.3) is 11.5 Å². The molecule has 1 aromatic heterocycles. The first-order valence-electron chi connectivity index (χ1n) is 11.3. The topological polar surface area (TPSA) is 127 Å². The molecule has 0 aliphatic rings. The lowest BCUT2D eigenvalue weighted by molar-refractivity contribution is -0.142. The Morgan fingerprint density at radius 3 is 2.44 bits per heavy atom. The van der Waals surface area contributed by atoms with E-state index in [0.29, 0.717) is 24.9 Å². The van der Waals surface area contributed by atoms with Crippen molar-refractivity contribution < 1.29 is 18.7 Å². The second-order valence-electron chi connectivity index (χ2n) is 7.74. The van der Waals surface area contributed by atoms with Gasteiger partial charge in [-0.2, -0.15) is 0 Å². The predicted octanol–water partition coefficient (Wildman–Crippen LogP) is 2.84. The van der Waals surface area contributed by atoms with E-state index in [1.54, 1.807) is 0 Å². The number of esters is 1. The Morgan fingerprint density at radius 2 is 1.79 bits per heavy atom. The molecule has 184 valence electrons. The molecule has 0 unspecified atom stereocenters. The van der Waals surface area contributed by atoms with Crippen molar-refractivity contribution in [2.24, 2.45) is 0 Å². The molecule has 2 rings (SSSR count). The van der Waals surface area contributed by atoms with Crippen molar-refractivity contribution in [1.29, 1.82) is 0 Å². The molecule has 0 radical (unpaired) electrons. The number of rotatable bonds is 12. The van der Waals surface area contributed by atoms with Crippen LogP contribution in [0, 0.1) is 5.82 Å². The summed E-state index contributed by atoms with van der Waals surface area (Å²) in [6.07, 6.45) is 6.29. The molecule has 0 aliphatic heterocycles. The normalized spacial score (nSPS) is 11.0. The molecule has 9 nitrogen and oxygen atoms in total. The third kappa shape index (κ3) is 7.43. The number of hydrogen-bond donors (Lipinski definition) is 2. The fourth-order valence-electron chi connectivity index (χ4n) is 3.25. The Kier molecular flexibility index (Phi) is 10.3. The zero-order valence-corrected chi connectivity index (χ0v) is 19.5. The molecule has 0 saturated heterocycles. The van der Waals surface area contributed by atoms with Gasteiger partial charge in [0.05, 0.1) is 0 Å². The monoisotopic (exact) mass is 474 g/mol. The van der Waals surface area contributed by atoms with Crippen LogP contribution in [0.5, 0.6) is 0 Å². The van der Waals surface area contributed by atoms with Crippen LogP contribution in [0.15, 0.2) is 39.9 Å². The number of benzene rings is 1. The molecule has 1 aromatic carbocycles. The molecule has 0 atom stereocenters. The minimum absolute atomic E-state index is 0.102. The van der Waals surface area contributed by atoms with Gasteiger partial charge in [0.2, 0.25) is 0 Å². The summed E-state index contributed by atoms with van der Waals surface area (Å²) in [5, 5.41) is 0. The summed E-state index contributed by atoms with van der Waals surface area (Å²) in [6.45, 7) is 3.80. The Morgan fingerprint density at radius 1 is 1.12 bits per heavy atom. The molecule has 34 heavy (non-hydrogen) atoms. The SMILES string of the molecule is CCCCCN(C(=O)COC(=O)/C=C/c1ccc(F)cc1)c1c(N)n(CCCC)c(=O)[nH]c1=O. The summed E-state index contributed by atoms with van der Waals surface area (Å²) in [4.78, 5) is 53.2. The lowest BCUT2D eigenvalue weighted by Crippen LogP contribution is -2.43. The van der Waals surface area contributed by atoms with Gasteiger partial charge in [-0.3, -0.25) is 19.1 Å². The number of hydrogen-bond acceptors (Lipinski definition) is 6. The Balaban J connectivity index is 2.21. The number of amides is 1. The first-order valence-corrected chi connectivity index (χ1v) is 11.3. The summed E-state index contributed by atoms with van der Waals surface area (Å²) < 4.78 is 19.3. The van der Waals surface area contributed by atoms with E-state index < -0.39 is 35.5 Å². The van der Waals surface area contributed by atoms with E-state index in [-0.39, 0.29) is 18.1 Å². The van der Waals surface area contributed by atoms with Gasteiger partial charge in [0.1, 0.15) is 11.6 Å². The highest BCUT2D eigenvalue weighted by molar-refractivity contribution is 5.98. The van der Waals surface area contributed by atoms with Crippen LogP contribution in [-0.4, -0.2) is 34.6 Å². The van der Waals surface area contributed by atoms with Crippen LogP contribution in [0.1, 0.15) is 51.5 Å². The third-order valence-corrected chi connectivity index (χ3v) is 5.13. The van der Waals surface area contributed by atoms with Crippen LogP contribution in [-0.2, 0) is 20.9 Å². The number of nitrogens with zero attached hydrogens (tertiary/aromatic N) is 2. The van der Waals surface area contributed by atoms with Gasteiger partial charge >= 0.3 is 11.7 Å². The molecular weight excluding hydrogens is 443 g/mol. The number of unbranched alkanes of at least 4 members (excludes halogenated alkanes) is 3. The van der Waals surface area contributed by atoms with Crippen LogP contribution in [0.3, 0.4) is 0 Å². The minimum atomic E-state index is -0.777. The fraction of sp³-hybridized carbons (Fsp3) is 0.417. The van der Waals surface area contributed by atoms with E-state index in [9.17, 15) is 23.6 Å². The molecule has 3 N–H and O–H groups in total. The van der Waals surface area contributed by atoms with E-state index in [1.165, 1.54) is 39.8 Å². The van der Waals surface area contributed by atoms with E-state index in [1.807, 2.05) is 13.8 Å². The highest BCUT2D eigenvalue weighted by Gasteiger charge is 2.24. The zero-order valence-electron chi connectivity index (χ0n) is 19.5. The number of carbonyl (C=O) groups excluding carboxylic acids is 2. The van der Waals surface area contributed by atoms with Crippen molar-refractivity contribution in [3.8, 4) is 0 Å². The largest absolute Gasteiger partial charge is 0.452 e. The van der Waals surface area contributed by atoms with E-state index in [0.717, 1.165) is 25.3 Å². The molecular formula is C24H31FN4O5. The fourth-order valence-corrected chi connectivity index (χ4v) is 3.25. The van der Waals surface area contributed by atoms with Crippen LogP contribution >= 0.6 is 0 Å². The summed E-state index contributed by atoms with van der Waals surface area (Å²) >= 11 is 0. The van der Waals surface area contributed by atoms with Crippen molar-refractivity contribution >= 4 is 29.5 Å². The van der Waals surface area contributed by atoms with Crippen LogP contribution < -0.4 is 21.9 Å². The Labute approximate surface area is 197 Å². The van der Waals surface area contributed by atoms with Gasteiger partial charge in [0.15, 0.2) is 12.3 Å².